The molecule has 0 fully saturated rings. The van der Waals surface area contributed by atoms with Crippen LogP contribution in [0.5, 0.6) is 11.5 Å². The van der Waals surface area contributed by atoms with E-state index in [-0.39, 0.29) is 17.7 Å². The molecule has 6 heteroatoms. The molecule has 4 nitrogen and oxygen atoms in total. The molecule has 0 saturated heterocycles. The molecule has 1 amide bonds. The zero-order valence-electron chi connectivity index (χ0n) is 13.7. The van der Waals surface area contributed by atoms with Gasteiger partial charge in [-0.2, -0.15) is 0 Å². The number of carbonyl (C=O) groups excluding carboxylic acids is 1. The van der Waals surface area contributed by atoms with E-state index < -0.39 is 11.9 Å². The van der Waals surface area contributed by atoms with Gasteiger partial charge in [-0.15, -0.1) is 0 Å². The lowest BCUT2D eigenvalue weighted by Crippen LogP contribution is -2.37. The van der Waals surface area contributed by atoms with Crippen LogP contribution in [0, 0.1) is 5.82 Å². The summed E-state index contributed by atoms with van der Waals surface area (Å²) in [6, 6.07) is 11.5. The normalized spacial score (nSPS) is 13.0. The Morgan fingerprint density at radius 3 is 2.42 bits per heavy atom. The predicted molar refractivity (Wildman–Crippen MR) is 93.7 cm³/mol. The highest BCUT2D eigenvalue weighted by atomic mass is 79.9. The van der Waals surface area contributed by atoms with Crippen LogP contribution in [0.4, 0.5) is 4.39 Å². The van der Waals surface area contributed by atoms with E-state index in [9.17, 15) is 9.18 Å². The Morgan fingerprint density at radius 1 is 1.17 bits per heavy atom. The highest BCUT2D eigenvalue weighted by molar-refractivity contribution is 9.10. The zero-order chi connectivity index (χ0) is 17.7. The molecule has 0 aliphatic heterocycles. The largest absolute Gasteiger partial charge is 0.494 e. The summed E-state index contributed by atoms with van der Waals surface area (Å²) in [6.45, 7) is 3.45. The number of ether oxygens (including phenoxy) is 2. The van der Waals surface area contributed by atoms with Crippen molar-refractivity contribution in [2.45, 2.75) is 26.0 Å². The van der Waals surface area contributed by atoms with Crippen LogP contribution in [0.15, 0.2) is 46.9 Å². The Labute approximate surface area is 149 Å². The number of halogens is 2. The molecule has 0 spiro atoms. The third-order valence-electron chi connectivity index (χ3n) is 3.53. The van der Waals surface area contributed by atoms with E-state index in [1.807, 2.05) is 12.1 Å². The monoisotopic (exact) mass is 395 g/mol. The lowest BCUT2D eigenvalue weighted by molar-refractivity contribution is -0.127. The van der Waals surface area contributed by atoms with Crippen molar-refractivity contribution in [1.29, 1.82) is 0 Å². The van der Waals surface area contributed by atoms with Gasteiger partial charge in [-0.1, -0.05) is 22.0 Å². The number of nitrogens with one attached hydrogen (secondary N) is 1. The minimum absolute atomic E-state index is 0.171. The lowest BCUT2D eigenvalue weighted by Gasteiger charge is -2.19. The second-order valence-corrected chi connectivity index (χ2v) is 6.25. The Hall–Kier alpha value is -2.08. The summed E-state index contributed by atoms with van der Waals surface area (Å²) in [5.41, 5.74) is 0.650. The molecule has 24 heavy (non-hydrogen) atoms. The Morgan fingerprint density at radius 2 is 1.83 bits per heavy atom. The van der Waals surface area contributed by atoms with Gasteiger partial charge in [0, 0.05) is 4.47 Å². The Balaban J connectivity index is 1.97. The summed E-state index contributed by atoms with van der Waals surface area (Å²) < 4.78 is 25.2. The van der Waals surface area contributed by atoms with E-state index in [0.29, 0.717) is 11.3 Å². The van der Waals surface area contributed by atoms with Gasteiger partial charge in [-0.25, -0.2) is 4.39 Å². The first kappa shape index (κ1) is 18.3. The van der Waals surface area contributed by atoms with Crippen LogP contribution in [0.3, 0.4) is 0 Å². The molecule has 2 aromatic rings. The second-order valence-electron chi connectivity index (χ2n) is 5.34. The molecular formula is C18H19BrFNO3. The van der Waals surface area contributed by atoms with Crippen LogP contribution in [0.25, 0.3) is 0 Å². The Bertz CT molecular complexity index is 706. The summed E-state index contributed by atoms with van der Waals surface area (Å²) in [7, 11) is 1.41. The van der Waals surface area contributed by atoms with Crippen molar-refractivity contribution in [3.05, 3.63) is 58.3 Å². The molecule has 0 aromatic heterocycles. The molecule has 0 aliphatic rings. The molecule has 2 rings (SSSR count). The van der Waals surface area contributed by atoms with E-state index in [4.69, 9.17) is 9.47 Å². The highest BCUT2D eigenvalue weighted by Crippen LogP contribution is 2.22. The smallest absolute Gasteiger partial charge is 0.261 e. The topological polar surface area (TPSA) is 47.6 Å². The summed E-state index contributed by atoms with van der Waals surface area (Å²) >= 11 is 3.34. The second kappa shape index (κ2) is 8.15. The predicted octanol–water partition coefficient (Wildman–Crippen LogP) is 4.24. The van der Waals surface area contributed by atoms with Crippen molar-refractivity contribution in [2.75, 3.05) is 7.11 Å². The Kier molecular flexibility index (Phi) is 6.20. The van der Waals surface area contributed by atoms with Gasteiger partial charge in [-0.3, -0.25) is 4.79 Å². The summed E-state index contributed by atoms with van der Waals surface area (Å²) in [5, 5.41) is 2.81. The lowest BCUT2D eigenvalue weighted by atomic mass is 10.1. The summed E-state index contributed by atoms with van der Waals surface area (Å²) in [4.78, 5) is 12.2. The molecule has 1 N–H and O–H groups in total. The summed E-state index contributed by atoms with van der Waals surface area (Å²) in [5.74, 6) is 0.0325. The van der Waals surface area contributed by atoms with E-state index in [0.717, 1.165) is 4.47 Å². The zero-order valence-corrected chi connectivity index (χ0v) is 15.3. The third-order valence-corrected chi connectivity index (χ3v) is 4.06. The first-order valence-electron chi connectivity index (χ1n) is 7.46. The number of carbonyl (C=O) groups is 1. The van der Waals surface area contributed by atoms with E-state index >= 15 is 0 Å². The average molecular weight is 396 g/mol. The quantitative estimate of drug-likeness (QED) is 0.795. The first-order chi connectivity index (χ1) is 11.4. The van der Waals surface area contributed by atoms with E-state index in [1.165, 1.54) is 19.2 Å². The van der Waals surface area contributed by atoms with Crippen molar-refractivity contribution in [3.8, 4) is 11.5 Å². The fraction of sp³-hybridized carbons (Fsp3) is 0.278. The molecule has 0 heterocycles. The molecule has 128 valence electrons. The number of hydrogen-bond acceptors (Lipinski definition) is 3. The molecular weight excluding hydrogens is 377 g/mol. The number of rotatable bonds is 6. The maximum Gasteiger partial charge on any atom is 0.261 e. The maximum atomic E-state index is 13.8. The van der Waals surface area contributed by atoms with Gasteiger partial charge in [0.05, 0.1) is 13.2 Å². The average Bonchev–Trinajstić information content (AvgIpc) is 2.56. The third kappa shape index (κ3) is 4.71. The van der Waals surface area contributed by atoms with Gasteiger partial charge >= 0.3 is 0 Å². The van der Waals surface area contributed by atoms with Gasteiger partial charge in [-0.05, 0) is 55.8 Å². The first-order valence-corrected chi connectivity index (χ1v) is 8.26. The number of methoxy groups -OCH3 is 1. The van der Waals surface area contributed by atoms with Crippen LogP contribution < -0.4 is 14.8 Å². The van der Waals surface area contributed by atoms with Crippen molar-refractivity contribution in [1.82, 2.24) is 5.32 Å². The van der Waals surface area contributed by atoms with E-state index in [1.54, 1.807) is 32.0 Å². The maximum absolute atomic E-state index is 13.8. The van der Waals surface area contributed by atoms with Crippen molar-refractivity contribution >= 4 is 21.8 Å². The molecule has 0 aliphatic carbocycles. The van der Waals surface area contributed by atoms with Crippen molar-refractivity contribution in [2.24, 2.45) is 0 Å². The van der Waals surface area contributed by atoms with Gasteiger partial charge in [0.2, 0.25) is 0 Å². The number of hydrogen-bond donors (Lipinski definition) is 1. The molecule has 2 aromatic carbocycles. The fourth-order valence-electron chi connectivity index (χ4n) is 2.14. The van der Waals surface area contributed by atoms with Crippen LogP contribution in [0.1, 0.15) is 25.5 Å². The van der Waals surface area contributed by atoms with Crippen molar-refractivity contribution < 1.29 is 18.7 Å². The molecule has 2 atom stereocenters. The van der Waals surface area contributed by atoms with Gasteiger partial charge in [0.25, 0.3) is 5.91 Å². The van der Waals surface area contributed by atoms with Gasteiger partial charge < -0.3 is 14.8 Å². The molecule has 0 saturated carbocycles. The minimum atomic E-state index is -0.670. The van der Waals surface area contributed by atoms with Crippen molar-refractivity contribution in [3.63, 3.8) is 0 Å². The van der Waals surface area contributed by atoms with Crippen LogP contribution in [0.2, 0.25) is 0 Å². The van der Waals surface area contributed by atoms with Crippen LogP contribution in [-0.2, 0) is 4.79 Å². The van der Waals surface area contributed by atoms with Gasteiger partial charge in [0.1, 0.15) is 5.75 Å². The van der Waals surface area contributed by atoms with Crippen LogP contribution in [-0.4, -0.2) is 19.1 Å². The fourth-order valence-corrected chi connectivity index (χ4v) is 2.40. The molecule has 0 radical (unpaired) electrons. The SMILES string of the molecule is COc1ccc(C(C)NC(=O)C(C)Oc2ccc(Br)cc2)cc1F. The minimum Gasteiger partial charge on any atom is -0.494 e. The highest BCUT2D eigenvalue weighted by Gasteiger charge is 2.18. The van der Waals surface area contributed by atoms with Gasteiger partial charge in [0.15, 0.2) is 17.7 Å². The number of amides is 1. The number of benzene rings is 2. The standard InChI is InChI=1S/C18H19BrFNO3/c1-11(13-4-9-17(23-3)16(20)10-13)21-18(22)12(2)24-15-7-5-14(19)6-8-15/h4-12H,1-3H3,(H,21,22). The van der Waals surface area contributed by atoms with Crippen LogP contribution >= 0.6 is 15.9 Å². The molecule has 2 unspecified atom stereocenters. The molecule has 0 bridgehead atoms. The summed E-state index contributed by atoms with van der Waals surface area (Å²) in [6.07, 6.45) is -0.670. The van der Waals surface area contributed by atoms with E-state index in [2.05, 4.69) is 21.2 Å².